The second-order valence-corrected chi connectivity index (χ2v) is 14.8. The molecule has 8 aromatic carbocycles. The molecule has 0 bridgehead atoms. The third-order valence-corrected chi connectivity index (χ3v) is 11.9. The Bertz CT molecular complexity index is 3140. The molecule has 1 spiro atoms. The highest BCUT2D eigenvalue weighted by Gasteiger charge is 2.49. The smallest absolute Gasteiger partial charge is 0.160 e. The molecule has 0 N–H and O–H groups in total. The number of rotatable bonds is 3. The lowest BCUT2D eigenvalue weighted by Crippen LogP contribution is -2.29. The van der Waals surface area contributed by atoms with Crippen LogP contribution < -0.4 is 0 Å². The fourth-order valence-corrected chi connectivity index (χ4v) is 9.64. The number of furan rings is 1. The van der Waals surface area contributed by atoms with Crippen molar-refractivity contribution in [3.63, 3.8) is 0 Å². The van der Waals surface area contributed by atoms with Crippen LogP contribution in [0.5, 0.6) is 0 Å². The summed E-state index contributed by atoms with van der Waals surface area (Å²) in [7, 11) is 0. The minimum absolute atomic E-state index is 0.576. The molecule has 3 nitrogen and oxygen atoms in total. The van der Waals surface area contributed by atoms with Crippen LogP contribution in [0.1, 0.15) is 22.3 Å². The van der Waals surface area contributed by atoms with Gasteiger partial charge in [-0.2, -0.15) is 0 Å². The minimum atomic E-state index is -0.576. The molecule has 2 aromatic heterocycles. The summed E-state index contributed by atoms with van der Waals surface area (Å²) in [4.78, 5) is 10.6. The topological polar surface area (TPSA) is 38.9 Å². The average Bonchev–Trinajstić information content (AvgIpc) is 3.77. The van der Waals surface area contributed by atoms with E-state index in [1.165, 1.54) is 55.6 Å². The van der Waals surface area contributed by atoms with Gasteiger partial charge < -0.3 is 4.42 Å². The van der Waals surface area contributed by atoms with E-state index in [0.717, 1.165) is 50.0 Å². The summed E-state index contributed by atoms with van der Waals surface area (Å²) in [6.07, 6.45) is 0. The maximum absolute atomic E-state index is 6.34. The molecule has 0 aliphatic heterocycles. The van der Waals surface area contributed by atoms with Gasteiger partial charge in [0.2, 0.25) is 0 Å². The zero-order valence-corrected chi connectivity index (χ0v) is 30.3. The van der Waals surface area contributed by atoms with Gasteiger partial charge >= 0.3 is 0 Å². The Balaban J connectivity index is 1.16. The third-order valence-electron chi connectivity index (χ3n) is 11.9. The van der Waals surface area contributed by atoms with Gasteiger partial charge in [-0.1, -0.05) is 170 Å². The van der Waals surface area contributed by atoms with Crippen LogP contribution in [-0.2, 0) is 5.41 Å². The maximum Gasteiger partial charge on any atom is 0.160 e. The zero-order chi connectivity index (χ0) is 36.8. The quantitative estimate of drug-likeness (QED) is 0.183. The standard InChI is InChI=1S/C53H32N2O/c1-2-15-33(16-3-1)52-54-47(32-48(55-52)41-23-14-28-50-51(41)42-22-9-13-27-49(42)56-50)34-29-30-40-39-21-8-12-26-45(39)53(46(40)31-34)43-24-10-6-19-37(43)35-17-4-5-18-36(35)38-20-7-11-25-44(38)53/h1-32H. The van der Waals surface area contributed by atoms with E-state index in [1.807, 2.05) is 36.4 Å². The molecule has 2 heterocycles. The van der Waals surface area contributed by atoms with Crippen LogP contribution in [0.4, 0.5) is 0 Å². The summed E-state index contributed by atoms with van der Waals surface area (Å²) >= 11 is 0. The number of para-hydroxylation sites is 1. The molecule has 2 aliphatic rings. The van der Waals surface area contributed by atoms with Gasteiger partial charge in [-0.3, -0.25) is 0 Å². The Morgan fingerprint density at radius 3 is 1.55 bits per heavy atom. The van der Waals surface area contributed by atoms with Gasteiger partial charge in [0.15, 0.2) is 5.82 Å². The molecule has 12 rings (SSSR count). The van der Waals surface area contributed by atoms with Crippen LogP contribution in [-0.4, -0.2) is 9.97 Å². The van der Waals surface area contributed by atoms with Crippen LogP contribution in [0.15, 0.2) is 199 Å². The highest BCUT2D eigenvalue weighted by Crippen LogP contribution is 2.61. The molecule has 3 heteroatoms. The predicted molar refractivity (Wildman–Crippen MR) is 227 cm³/mol. The first-order valence-electron chi connectivity index (χ1n) is 19.2. The summed E-state index contributed by atoms with van der Waals surface area (Å²) in [5, 5.41) is 2.13. The molecule has 0 amide bonds. The molecule has 0 fully saturated rings. The van der Waals surface area contributed by atoms with Crippen LogP contribution >= 0.6 is 0 Å². The van der Waals surface area contributed by atoms with Gasteiger partial charge in [-0.15, -0.1) is 0 Å². The van der Waals surface area contributed by atoms with Gasteiger partial charge in [-0.05, 0) is 79.9 Å². The zero-order valence-electron chi connectivity index (χ0n) is 30.3. The second-order valence-electron chi connectivity index (χ2n) is 14.8. The minimum Gasteiger partial charge on any atom is -0.456 e. The van der Waals surface area contributed by atoms with E-state index in [2.05, 4.69) is 158 Å². The number of hydrogen-bond donors (Lipinski definition) is 0. The molecular formula is C53H32N2O. The van der Waals surface area contributed by atoms with Crippen molar-refractivity contribution in [3.05, 3.63) is 216 Å². The van der Waals surface area contributed by atoms with Crippen LogP contribution in [0.25, 0.3) is 89.2 Å². The molecule has 10 aromatic rings. The largest absolute Gasteiger partial charge is 0.456 e. The van der Waals surface area contributed by atoms with Gasteiger partial charge in [0.1, 0.15) is 11.2 Å². The predicted octanol–water partition coefficient (Wildman–Crippen LogP) is 13.4. The van der Waals surface area contributed by atoms with E-state index in [-0.39, 0.29) is 0 Å². The molecule has 0 atom stereocenters. The van der Waals surface area contributed by atoms with Crippen molar-refractivity contribution in [1.29, 1.82) is 0 Å². The lowest BCUT2D eigenvalue weighted by Gasteiger charge is -2.35. The number of fused-ring (bicyclic) bond motifs is 15. The Hall–Kier alpha value is -7.36. The van der Waals surface area contributed by atoms with Crippen LogP contribution in [0.2, 0.25) is 0 Å². The Labute approximate surface area is 324 Å². The molecule has 0 saturated heterocycles. The monoisotopic (exact) mass is 712 g/mol. The van der Waals surface area contributed by atoms with E-state index in [4.69, 9.17) is 14.4 Å². The first-order valence-corrected chi connectivity index (χ1v) is 19.2. The SMILES string of the molecule is c1ccc(-c2nc(-c3ccc4c(c3)C3(c5ccccc5-c5ccccc5-c5ccccc53)c3ccccc3-4)cc(-c3cccc4oc5ccccc5c34)n2)cc1. The maximum atomic E-state index is 6.34. The average molecular weight is 713 g/mol. The van der Waals surface area contributed by atoms with Gasteiger partial charge in [-0.25, -0.2) is 9.97 Å². The molecular weight excluding hydrogens is 681 g/mol. The van der Waals surface area contributed by atoms with Crippen molar-refractivity contribution in [2.45, 2.75) is 5.41 Å². The first-order chi connectivity index (χ1) is 27.8. The van der Waals surface area contributed by atoms with Crippen molar-refractivity contribution in [2.75, 3.05) is 0 Å². The molecule has 260 valence electrons. The number of hydrogen-bond acceptors (Lipinski definition) is 3. The third kappa shape index (κ3) is 4.28. The van der Waals surface area contributed by atoms with Crippen LogP contribution in [0, 0.1) is 0 Å². The van der Waals surface area contributed by atoms with Crippen molar-refractivity contribution in [2.24, 2.45) is 0 Å². The molecule has 0 unspecified atom stereocenters. The number of aromatic nitrogens is 2. The first kappa shape index (κ1) is 31.0. The van der Waals surface area contributed by atoms with E-state index < -0.39 is 5.41 Å². The lowest BCUT2D eigenvalue weighted by atomic mass is 9.65. The fraction of sp³-hybridized carbons (Fsp3) is 0.0189. The number of benzene rings is 8. The second kappa shape index (κ2) is 11.8. The molecule has 56 heavy (non-hydrogen) atoms. The Morgan fingerprint density at radius 1 is 0.339 bits per heavy atom. The lowest BCUT2D eigenvalue weighted by molar-refractivity contribution is 0.669. The van der Waals surface area contributed by atoms with Crippen molar-refractivity contribution >= 4 is 21.9 Å². The number of nitrogens with zero attached hydrogens (tertiary/aromatic N) is 2. The highest BCUT2D eigenvalue weighted by atomic mass is 16.3. The van der Waals surface area contributed by atoms with Gasteiger partial charge in [0, 0.05) is 27.5 Å². The summed E-state index contributed by atoms with van der Waals surface area (Å²) < 4.78 is 6.34. The van der Waals surface area contributed by atoms with Crippen molar-refractivity contribution in [1.82, 2.24) is 9.97 Å². The Morgan fingerprint density at radius 2 is 0.857 bits per heavy atom. The van der Waals surface area contributed by atoms with E-state index in [0.29, 0.717) is 5.82 Å². The normalized spacial score (nSPS) is 13.1. The summed E-state index contributed by atoms with van der Waals surface area (Å²) in [6, 6.07) is 69.8. The highest BCUT2D eigenvalue weighted by molar-refractivity contribution is 6.12. The molecule has 0 radical (unpaired) electrons. The van der Waals surface area contributed by atoms with E-state index >= 15 is 0 Å². The molecule has 0 saturated carbocycles. The van der Waals surface area contributed by atoms with Crippen molar-refractivity contribution in [3.8, 4) is 67.3 Å². The summed E-state index contributed by atoms with van der Waals surface area (Å²) in [5.41, 5.74) is 18.5. The van der Waals surface area contributed by atoms with Crippen molar-refractivity contribution < 1.29 is 4.42 Å². The Kier molecular flexibility index (Phi) is 6.55. The molecule has 2 aliphatic carbocycles. The fourth-order valence-electron chi connectivity index (χ4n) is 9.64. The van der Waals surface area contributed by atoms with Crippen LogP contribution in [0.3, 0.4) is 0 Å². The van der Waals surface area contributed by atoms with E-state index in [9.17, 15) is 0 Å². The summed E-state index contributed by atoms with van der Waals surface area (Å²) in [5.74, 6) is 0.682. The van der Waals surface area contributed by atoms with Gasteiger partial charge in [0.25, 0.3) is 0 Å². The van der Waals surface area contributed by atoms with E-state index in [1.54, 1.807) is 0 Å². The summed E-state index contributed by atoms with van der Waals surface area (Å²) in [6.45, 7) is 0. The van der Waals surface area contributed by atoms with Gasteiger partial charge in [0.05, 0.1) is 16.8 Å².